The van der Waals surface area contributed by atoms with Gasteiger partial charge in [-0.05, 0) is 37.1 Å². The topological polar surface area (TPSA) is 41.5 Å². The molecule has 0 aromatic heterocycles. The van der Waals surface area contributed by atoms with Crippen molar-refractivity contribution in [1.82, 2.24) is 5.32 Å². The molecule has 1 aromatic carbocycles. The van der Waals surface area contributed by atoms with E-state index in [4.69, 9.17) is 4.74 Å². The van der Waals surface area contributed by atoms with E-state index in [-0.39, 0.29) is 6.04 Å². The third-order valence-corrected chi connectivity index (χ3v) is 3.19. The van der Waals surface area contributed by atoms with Crippen LogP contribution in [0.2, 0.25) is 0 Å². The van der Waals surface area contributed by atoms with E-state index < -0.39 is 6.10 Å². The number of aliphatic hydroxyl groups excluding tert-OH is 1. The van der Waals surface area contributed by atoms with Crippen LogP contribution < -0.4 is 10.1 Å². The average Bonchev–Trinajstić information content (AvgIpc) is 2.39. The zero-order valence-corrected chi connectivity index (χ0v) is 9.65. The van der Waals surface area contributed by atoms with Gasteiger partial charge in [0, 0.05) is 6.04 Å². The molecule has 1 aromatic rings. The Hall–Kier alpha value is -1.06. The van der Waals surface area contributed by atoms with E-state index in [0.717, 1.165) is 24.3 Å². The van der Waals surface area contributed by atoms with Crippen molar-refractivity contribution >= 4 is 0 Å². The molecule has 88 valence electrons. The quantitative estimate of drug-likeness (QED) is 0.818. The number of piperidine rings is 1. The smallest absolute Gasteiger partial charge is 0.118 e. The van der Waals surface area contributed by atoms with Crippen LogP contribution in [0.5, 0.6) is 5.75 Å². The van der Waals surface area contributed by atoms with Crippen LogP contribution >= 0.6 is 0 Å². The first-order valence-electron chi connectivity index (χ1n) is 5.86. The molecular formula is C13H19NO2. The maximum atomic E-state index is 10.2. The third kappa shape index (κ3) is 2.54. The SMILES string of the molecule is COc1ccc([C@H](O)[C@@H]2CCCCN2)cc1. The van der Waals surface area contributed by atoms with Crippen molar-refractivity contribution in [3.63, 3.8) is 0 Å². The first-order valence-corrected chi connectivity index (χ1v) is 5.86. The molecule has 2 rings (SSSR count). The number of benzene rings is 1. The Morgan fingerprint density at radius 1 is 1.31 bits per heavy atom. The fourth-order valence-electron chi connectivity index (χ4n) is 2.18. The second kappa shape index (κ2) is 5.32. The van der Waals surface area contributed by atoms with Crippen LogP contribution in [0.3, 0.4) is 0 Å². The van der Waals surface area contributed by atoms with Crippen molar-refractivity contribution in [3.05, 3.63) is 29.8 Å². The first kappa shape index (κ1) is 11.4. The fraction of sp³-hybridized carbons (Fsp3) is 0.538. The molecule has 0 amide bonds. The van der Waals surface area contributed by atoms with E-state index in [2.05, 4.69) is 5.32 Å². The van der Waals surface area contributed by atoms with Gasteiger partial charge in [0.2, 0.25) is 0 Å². The van der Waals surface area contributed by atoms with Crippen molar-refractivity contribution in [2.45, 2.75) is 31.4 Å². The molecule has 1 heterocycles. The van der Waals surface area contributed by atoms with Crippen molar-refractivity contribution < 1.29 is 9.84 Å². The minimum Gasteiger partial charge on any atom is -0.497 e. The number of rotatable bonds is 3. The summed E-state index contributed by atoms with van der Waals surface area (Å²) < 4.78 is 5.10. The Kier molecular flexibility index (Phi) is 3.80. The predicted octanol–water partition coefficient (Wildman–Crippen LogP) is 1.87. The van der Waals surface area contributed by atoms with Crippen molar-refractivity contribution in [3.8, 4) is 5.75 Å². The van der Waals surface area contributed by atoms with Gasteiger partial charge in [0.05, 0.1) is 13.2 Å². The van der Waals surface area contributed by atoms with E-state index in [1.807, 2.05) is 24.3 Å². The summed E-state index contributed by atoms with van der Waals surface area (Å²) in [6.07, 6.45) is 3.05. The highest BCUT2D eigenvalue weighted by Crippen LogP contribution is 2.24. The molecule has 0 radical (unpaired) electrons. The lowest BCUT2D eigenvalue weighted by Crippen LogP contribution is -2.38. The second-order valence-electron chi connectivity index (χ2n) is 4.27. The Balaban J connectivity index is 2.04. The Morgan fingerprint density at radius 2 is 2.06 bits per heavy atom. The minimum absolute atomic E-state index is 0.196. The Bertz CT molecular complexity index is 317. The van der Waals surface area contributed by atoms with Gasteiger partial charge in [-0.1, -0.05) is 18.6 Å². The summed E-state index contributed by atoms with van der Waals surface area (Å²) >= 11 is 0. The van der Waals surface area contributed by atoms with Gasteiger partial charge < -0.3 is 15.2 Å². The molecule has 1 aliphatic heterocycles. The fourth-order valence-corrected chi connectivity index (χ4v) is 2.18. The molecule has 3 heteroatoms. The standard InChI is InChI=1S/C13H19NO2/c1-16-11-7-5-10(6-8-11)13(15)12-4-2-3-9-14-12/h5-8,12-15H,2-4,9H2,1H3/t12-,13-/m0/s1. The van der Waals surface area contributed by atoms with Gasteiger partial charge in [-0.15, -0.1) is 0 Å². The summed E-state index contributed by atoms with van der Waals surface area (Å²) in [5.41, 5.74) is 0.959. The summed E-state index contributed by atoms with van der Waals surface area (Å²) in [7, 11) is 1.65. The maximum absolute atomic E-state index is 10.2. The van der Waals surface area contributed by atoms with E-state index in [0.29, 0.717) is 0 Å². The van der Waals surface area contributed by atoms with Gasteiger partial charge in [-0.2, -0.15) is 0 Å². The lowest BCUT2D eigenvalue weighted by molar-refractivity contribution is 0.114. The highest BCUT2D eigenvalue weighted by molar-refractivity contribution is 5.29. The maximum Gasteiger partial charge on any atom is 0.118 e. The monoisotopic (exact) mass is 221 g/mol. The number of methoxy groups -OCH3 is 1. The molecule has 1 aliphatic rings. The largest absolute Gasteiger partial charge is 0.497 e. The van der Waals surface area contributed by atoms with Crippen molar-refractivity contribution in [2.24, 2.45) is 0 Å². The molecule has 1 saturated heterocycles. The van der Waals surface area contributed by atoms with Gasteiger partial charge in [0.25, 0.3) is 0 Å². The predicted molar refractivity (Wildman–Crippen MR) is 63.6 cm³/mol. The van der Waals surface area contributed by atoms with Gasteiger partial charge in [0.15, 0.2) is 0 Å². The number of hydrogen-bond acceptors (Lipinski definition) is 3. The summed E-state index contributed by atoms with van der Waals surface area (Å²) in [4.78, 5) is 0. The second-order valence-corrected chi connectivity index (χ2v) is 4.27. The van der Waals surface area contributed by atoms with Crippen LogP contribution in [0.15, 0.2) is 24.3 Å². The van der Waals surface area contributed by atoms with Crippen LogP contribution in [0.4, 0.5) is 0 Å². The molecular weight excluding hydrogens is 202 g/mol. The number of nitrogens with one attached hydrogen (secondary N) is 1. The summed E-state index contributed by atoms with van der Waals surface area (Å²) in [5, 5.41) is 13.6. The van der Waals surface area contributed by atoms with Gasteiger partial charge >= 0.3 is 0 Å². The van der Waals surface area contributed by atoms with E-state index in [1.165, 1.54) is 12.8 Å². The zero-order chi connectivity index (χ0) is 11.4. The molecule has 0 bridgehead atoms. The van der Waals surface area contributed by atoms with Gasteiger partial charge in [-0.3, -0.25) is 0 Å². The normalized spacial score (nSPS) is 22.8. The van der Waals surface area contributed by atoms with Gasteiger partial charge in [0.1, 0.15) is 5.75 Å². The molecule has 0 spiro atoms. The molecule has 3 nitrogen and oxygen atoms in total. The molecule has 2 atom stereocenters. The number of ether oxygens (including phenoxy) is 1. The van der Waals surface area contributed by atoms with E-state index >= 15 is 0 Å². The van der Waals surface area contributed by atoms with E-state index in [1.54, 1.807) is 7.11 Å². The van der Waals surface area contributed by atoms with Crippen LogP contribution in [0.25, 0.3) is 0 Å². The molecule has 0 unspecified atom stereocenters. The highest BCUT2D eigenvalue weighted by atomic mass is 16.5. The Morgan fingerprint density at radius 3 is 2.62 bits per heavy atom. The summed E-state index contributed by atoms with van der Waals surface area (Å²) in [5.74, 6) is 0.826. The number of aliphatic hydroxyl groups is 1. The highest BCUT2D eigenvalue weighted by Gasteiger charge is 2.22. The lowest BCUT2D eigenvalue weighted by Gasteiger charge is -2.28. The lowest BCUT2D eigenvalue weighted by atomic mass is 9.95. The third-order valence-electron chi connectivity index (χ3n) is 3.19. The molecule has 2 N–H and O–H groups in total. The summed E-state index contributed by atoms with van der Waals surface area (Å²) in [6, 6.07) is 7.84. The van der Waals surface area contributed by atoms with Crippen LogP contribution in [-0.2, 0) is 0 Å². The number of hydrogen-bond donors (Lipinski definition) is 2. The van der Waals surface area contributed by atoms with Crippen molar-refractivity contribution in [1.29, 1.82) is 0 Å². The van der Waals surface area contributed by atoms with Crippen molar-refractivity contribution in [2.75, 3.05) is 13.7 Å². The molecule has 1 fully saturated rings. The molecule has 16 heavy (non-hydrogen) atoms. The van der Waals surface area contributed by atoms with Crippen LogP contribution in [-0.4, -0.2) is 24.8 Å². The summed E-state index contributed by atoms with van der Waals surface area (Å²) in [6.45, 7) is 1.01. The van der Waals surface area contributed by atoms with Crippen LogP contribution in [0.1, 0.15) is 30.9 Å². The molecule has 0 saturated carbocycles. The average molecular weight is 221 g/mol. The van der Waals surface area contributed by atoms with Gasteiger partial charge in [-0.25, -0.2) is 0 Å². The van der Waals surface area contributed by atoms with E-state index in [9.17, 15) is 5.11 Å². The Labute approximate surface area is 96.4 Å². The first-order chi connectivity index (χ1) is 7.81. The minimum atomic E-state index is -0.411. The zero-order valence-electron chi connectivity index (χ0n) is 9.65. The van der Waals surface area contributed by atoms with Crippen LogP contribution in [0, 0.1) is 0 Å². The molecule has 0 aliphatic carbocycles.